The molecule has 122 valence electrons. The predicted octanol–water partition coefficient (Wildman–Crippen LogP) is 1.37. The first kappa shape index (κ1) is 16.4. The zero-order chi connectivity index (χ0) is 16.1. The van der Waals surface area contributed by atoms with E-state index in [0.717, 1.165) is 17.1 Å². The molecular formula is C16H26N4O2. The Balaban J connectivity index is 2.12. The molecule has 1 aromatic carbocycles. The summed E-state index contributed by atoms with van der Waals surface area (Å²) in [4.78, 5) is 6.59. The highest BCUT2D eigenvalue weighted by Gasteiger charge is 2.22. The van der Waals surface area contributed by atoms with Crippen molar-refractivity contribution in [1.82, 2.24) is 10.2 Å². The first-order valence-corrected chi connectivity index (χ1v) is 7.50. The molecule has 1 saturated carbocycles. The Kier molecular flexibility index (Phi) is 5.49. The molecular weight excluding hydrogens is 280 g/mol. The van der Waals surface area contributed by atoms with E-state index in [2.05, 4.69) is 15.2 Å². The summed E-state index contributed by atoms with van der Waals surface area (Å²) in [6, 6.07) is 6.58. The summed E-state index contributed by atoms with van der Waals surface area (Å²) in [5.41, 5.74) is 7.03. The van der Waals surface area contributed by atoms with Crippen LogP contribution in [0.2, 0.25) is 0 Å². The van der Waals surface area contributed by atoms with E-state index in [1.165, 1.54) is 12.8 Å². The van der Waals surface area contributed by atoms with Crippen molar-refractivity contribution in [1.29, 1.82) is 0 Å². The van der Waals surface area contributed by atoms with Gasteiger partial charge in [-0.15, -0.1) is 0 Å². The molecule has 1 aliphatic rings. The van der Waals surface area contributed by atoms with Crippen LogP contribution in [0.25, 0.3) is 0 Å². The molecule has 1 aromatic rings. The van der Waals surface area contributed by atoms with Crippen LogP contribution in [-0.4, -0.2) is 51.8 Å². The number of nitrogens with zero attached hydrogens (tertiary/aromatic N) is 2. The van der Waals surface area contributed by atoms with Crippen molar-refractivity contribution in [3.05, 3.63) is 23.8 Å². The van der Waals surface area contributed by atoms with Gasteiger partial charge in [0.25, 0.3) is 0 Å². The van der Waals surface area contributed by atoms with Crippen LogP contribution < -0.4 is 20.5 Å². The fourth-order valence-corrected chi connectivity index (χ4v) is 2.29. The lowest BCUT2D eigenvalue weighted by atomic mass is 10.1. The van der Waals surface area contributed by atoms with Crippen molar-refractivity contribution < 1.29 is 9.47 Å². The molecule has 0 spiro atoms. The molecule has 0 aliphatic heterocycles. The molecule has 0 heterocycles. The number of hydrogen-bond acceptors (Lipinski definition) is 4. The number of nitrogens with one attached hydrogen (secondary N) is 1. The average Bonchev–Trinajstić information content (AvgIpc) is 3.30. The molecule has 0 radical (unpaired) electrons. The fraction of sp³-hybridized carbons (Fsp3) is 0.562. The van der Waals surface area contributed by atoms with E-state index in [1.807, 2.05) is 32.3 Å². The number of likely N-dealkylation sites (N-methyl/N-ethyl adjacent to an activating group) is 1. The highest BCUT2D eigenvalue weighted by molar-refractivity contribution is 5.78. The first-order chi connectivity index (χ1) is 10.5. The van der Waals surface area contributed by atoms with Crippen molar-refractivity contribution >= 4 is 5.96 Å². The molecule has 1 fully saturated rings. The van der Waals surface area contributed by atoms with Crippen molar-refractivity contribution in [2.45, 2.75) is 24.9 Å². The summed E-state index contributed by atoms with van der Waals surface area (Å²) in [6.07, 6.45) is 2.37. The van der Waals surface area contributed by atoms with Gasteiger partial charge in [0.15, 0.2) is 17.5 Å². The number of hydrogen-bond donors (Lipinski definition) is 2. The molecule has 1 atom stereocenters. The quantitative estimate of drug-likeness (QED) is 0.588. The molecule has 1 aliphatic carbocycles. The third-order valence-electron chi connectivity index (χ3n) is 3.78. The summed E-state index contributed by atoms with van der Waals surface area (Å²) in [7, 11) is 7.33. The molecule has 0 amide bonds. The topological polar surface area (TPSA) is 72.1 Å². The van der Waals surface area contributed by atoms with Gasteiger partial charge in [-0.25, -0.2) is 0 Å². The third-order valence-corrected chi connectivity index (χ3v) is 3.78. The number of guanidine groups is 1. The maximum Gasteiger partial charge on any atom is 0.188 e. The summed E-state index contributed by atoms with van der Waals surface area (Å²) < 4.78 is 10.7. The van der Waals surface area contributed by atoms with Crippen molar-refractivity contribution in [2.75, 3.05) is 34.9 Å². The van der Waals surface area contributed by atoms with E-state index in [1.54, 1.807) is 14.2 Å². The highest BCUT2D eigenvalue weighted by atomic mass is 16.5. The number of nitrogens with two attached hydrogens (primary N) is 1. The minimum absolute atomic E-state index is 0.124. The zero-order valence-corrected chi connectivity index (χ0v) is 13.8. The van der Waals surface area contributed by atoms with Crippen LogP contribution in [0, 0.1) is 0 Å². The summed E-state index contributed by atoms with van der Waals surface area (Å²) in [5, 5.41) is 3.20. The molecule has 6 heteroatoms. The Bertz CT molecular complexity index is 527. The minimum Gasteiger partial charge on any atom is -0.493 e. The lowest BCUT2D eigenvalue weighted by molar-refractivity contribution is 0.303. The van der Waals surface area contributed by atoms with E-state index < -0.39 is 0 Å². The summed E-state index contributed by atoms with van der Waals surface area (Å²) in [6.45, 7) is 0.591. The van der Waals surface area contributed by atoms with Crippen LogP contribution in [0.1, 0.15) is 24.4 Å². The van der Waals surface area contributed by atoms with Gasteiger partial charge in [-0.1, -0.05) is 6.07 Å². The van der Waals surface area contributed by atoms with Crippen LogP contribution in [0.5, 0.6) is 11.5 Å². The lowest BCUT2D eigenvalue weighted by Crippen LogP contribution is -2.34. The first-order valence-electron chi connectivity index (χ1n) is 7.50. The van der Waals surface area contributed by atoms with Gasteiger partial charge >= 0.3 is 0 Å². The van der Waals surface area contributed by atoms with Crippen molar-refractivity contribution in [3.63, 3.8) is 0 Å². The molecule has 0 aromatic heterocycles. The molecule has 1 unspecified atom stereocenters. The van der Waals surface area contributed by atoms with E-state index in [9.17, 15) is 0 Å². The summed E-state index contributed by atoms with van der Waals surface area (Å²) in [5.74, 6) is 1.97. The van der Waals surface area contributed by atoms with E-state index in [4.69, 9.17) is 15.2 Å². The highest BCUT2D eigenvalue weighted by Crippen LogP contribution is 2.31. The van der Waals surface area contributed by atoms with Crippen molar-refractivity contribution in [2.24, 2.45) is 10.7 Å². The SMILES string of the molecule is COc1ccc(C(CN=C(N)NC2CC2)N(C)C)cc1OC. The molecule has 2 rings (SSSR count). The van der Waals surface area contributed by atoms with Gasteiger partial charge in [-0.05, 0) is 44.6 Å². The van der Waals surface area contributed by atoms with E-state index >= 15 is 0 Å². The Hall–Kier alpha value is -1.95. The Morgan fingerprint density at radius 2 is 2.00 bits per heavy atom. The number of aliphatic imine (C=N–C) groups is 1. The normalized spacial score (nSPS) is 16.5. The second-order valence-corrected chi connectivity index (χ2v) is 5.74. The molecule has 6 nitrogen and oxygen atoms in total. The standard InChI is InChI=1S/C16H26N4O2/c1-20(2)13(10-18-16(17)19-12-6-7-12)11-5-8-14(21-3)15(9-11)22-4/h5,8-9,12-13H,6-7,10H2,1-4H3,(H3,17,18,19). The van der Waals surface area contributed by atoms with Crippen LogP contribution in [-0.2, 0) is 0 Å². The van der Waals surface area contributed by atoms with Crippen LogP contribution in [0.4, 0.5) is 0 Å². The van der Waals surface area contributed by atoms with Crippen molar-refractivity contribution in [3.8, 4) is 11.5 Å². The fourth-order valence-electron chi connectivity index (χ4n) is 2.29. The number of ether oxygens (including phenoxy) is 2. The van der Waals surface area contributed by atoms with Crippen LogP contribution >= 0.6 is 0 Å². The van der Waals surface area contributed by atoms with Gasteiger partial charge in [0.05, 0.1) is 26.8 Å². The lowest BCUT2D eigenvalue weighted by Gasteiger charge is -2.24. The van der Waals surface area contributed by atoms with E-state index in [-0.39, 0.29) is 6.04 Å². The minimum atomic E-state index is 0.124. The van der Waals surface area contributed by atoms with Crippen LogP contribution in [0.3, 0.4) is 0 Å². The number of benzene rings is 1. The van der Waals surface area contributed by atoms with Gasteiger partial charge in [0.1, 0.15) is 0 Å². The molecule has 3 N–H and O–H groups in total. The van der Waals surface area contributed by atoms with Gasteiger partial charge in [-0.2, -0.15) is 0 Å². The van der Waals surface area contributed by atoms with Gasteiger partial charge in [-0.3, -0.25) is 4.99 Å². The van der Waals surface area contributed by atoms with Gasteiger partial charge < -0.3 is 25.4 Å². The zero-order valence-electron chi connectivity index (χ0n) is 13.8. The summed E-state index contributed by atoms with van der Waals surface area (Å²) >= 11 is 0. The maximum atomic E-state index is 5.92. The van der Waals surface area contributed by atoms with E-state index in [0.29, 0.717) is 18.5 Å². The Labute approximate surface area is 132 Å². The Morgan fingerprint density at radius 1 is 1.32 bits per heavy atom. The van der Waals surface area contributed by atoms with Crippen LogP contribution in [0.15, 0.2) is 23.2 Å². The molecule has 0 saturated heterocycles. The molecule has 0 bridgehead atoms. The van der Waals surface area contributed by atoms with Gasteiger partial charge in [0, 0.05) is 6.04 Å². The average molecular weight is 306 g/mol. The smallest absolute Gasteiger partial charge is 0.188 e. The Morgan fingerprint density at radius 3 is 2.55 bits per heavy atom. The monoisotopic (exact) mass is 306 g/mol. The third kappa shape index (κ3) is 4.27. The largest absolute Gasteiger partial charge is 0.493 e. The molecule has 22 heavy (non-hydrogen) atoms. The number of methoxy groups -OCH3 is 2. The maximum absolute atomic E-state index is 5.92. The second-order valence-electron chi connectivity index (χ2n) is 5.74. The van der Waals surface area contributed by atoms with Gasteiger partial charge in [0.2, 0.25) is 0 Å². The number of rotatable bonds is 7. The second kappa shape index (κ2) is 7.35. The predicted molar refractivity (Wildman–Crippen MR) is 88.6 cm³/mol.